The Morgan fingerprint density at radius 2 is 1.90 bits per heavy atom. The van der Waals surface area contributed by atoms with Crippen molar-refractivity contribution in [1.82, 2.24) is 4.31 Å². The maximum absolute atomic E-state index is 12.8. The lowest BCUT2D eigenvalue weighted by atomic mass is 10.0. The van der Waals surface area contributed by atoms with Crippen molar-refractivity contribution < 1.29 is 8.42 Å². The summed E-state index contributed by atoms with van der Waals surface area (Å²) in [6.07, 6.45) is 2.81. The van der Waals surface area contributed by atoms with Crippen LogP contribution in [-0.2, 0) is 10.0 Å². The smallest absolute Gasteiger partial charge is 0.243 e. The van der Waals surface area contributed by atoms with Gasteiger partial charge in [-0.25, -0.2) is 8.42 Å². The van der Waals surface area contributed by atoms with Crippen molar-refractivity contribution in [1.29, 1.82) is 0 Å². The number of halogens is 1. The molecule has 2 unspecified atom stereocenters. The first-order chi connectivity index (χ1) is 9.75. The summed E-state index contributed by atoms with van der Waals surface area (Å²) >= 11 is 11.0. The van der Waals surface area contributed by atoms with Crippen LogP contribution in [0, 0.1) is 0 Å². The molecular formula is C14H19ClN2O2S2. The SMILES string of the molecule is CC1CCCC(C)N1S(=O)(=O)c1ccc(C(N)=S)c(Cl)c1. The van der Waals surface area contributed by atoms with Crippen LogP contribution in [0.3, 0.4) is 0 Å². The minimum atomic E-state index is -3.56. The van der Waals surface area contributed by atoms with Gasteiger partial charge in [0.15, 0.2) is 0 Å². The summed E-state index contributed by atoms with van der Waals surface area (Å²) in [6, 6.07) is 4.50. The molecule has 2 N–H and O–H groups in total. The van der Waals surface area contributed by atoms with Gasteiger partial charge in [0.05, 0.1) is 9.92 Å². The van der Waals surface area contributed by atoms with Crippen molar-refractivity contribution in [2.75, 3.05) is 0 Å². The molecule has 1 aromatic carbocycles. The molecule has 0 spiro atoms. The number of nitrogens with zero attached hydrogens (tertiary/aromatic N) is 1. The topological polar surface area (TPSA) is 63.4 Å². The molecule has 4 nitrogen and oxygen atoms in total. The molecule has 0 saturated carbocycles. The van der Waals surface area contributed by atoms with Gasteiger partial charge in [-0.3, -0.25) is 0 Å². The number of benzene rings is 1. The van der Waals surface area contributed by atoms with E-state index in [9.17, 15) is 8.42 Å². The van der Waals surface area contributed by atoms with Gasteiger partial charge >= 0.3 is 0 Å². The van der Waals surface area contributed by atoms with Crippen LogP contribution in [-0.4, -0.2) is 29.8 Å². The molecule has 1 heterocycles. The molecule has 21 heavy (non-hydrogen) atoms. The van der Waals surface area contributed by atoms with Gasteiger partial charge in [0.25, 0.3) is 0 Å². The van der Waals surface area contributed by atoms with E-state index in [1.807, 2.05) is 13.8 Å². The number of hydrogen-bond acceptors (Lipinski definition) is 3. The van der Waals surface area contributed by atoms with Crippen LogP contribution >= 0.6 is 23.8 Å². The van der Waals surface area contributed by atoms with E-state index in [-0.39, 0.29) is 27.0 Å². The van der Waals surface area contributed by atoms with Crippen molar-refractivity contribution in [3.63, 3.8) is 0 Å². The van der Waals surface area contributed by atoms with E-state index in [2.05, 4.69) is 0 Å². The Morgan fingerprint density at radius 3 is 2.38 bits per heavy atom. The maximum atomic E-state index is 12.8. The Labute approximate surface area is 136 Å². The Bertz CT molecular complexity index is 651. The van der Waals surface area contributed by atoms with Gasteiger partial charge < -0.3 is 5.73 Å². The molecule has 2 rings (SSSR count). The quantitative estimate of drug-likeness (QED) is 0.855. The Hall–Kier alpha value is -0.690. The van der Waals surface area contributed by atoms with Crippen LogP contribution in [0.15, 0.2) is 23.1 Å². The molecule has 0 radical (unpaired) electrons. The van der Waals surface area contributed by atoms with Gasteiger partial charge in [-0.1, -0.05) is 30.2 Å². The number of sulfonamides is 1. The average molecular weight is 347 g/mol. The second-order valence-corrected chi connectivity index (χ2v) is 8.16. The van der Waals surface area contributed by atoms with E-state index in [4.69, 9.17) is 29.6 Å². The minimum Gasteiger partial charge on any atom is -0.389 e. The van der Waals surface area contributed by atoms with E-state index in [1.165, 1.54) is 12.1 Å². The number of nitrogens with two attached hydrogens (primary N) is 1. The lowest BCUT2D eigenvalue weighted by Gasteiger charge is -2.37. The van der Waals surface area contributed by atoms with Crippen LogP contribution < -0.4 is 5.73 Å². The van der Waals surface area contributed by atoms with Gasteiger partial charge in [-0.2, -0.15) is 4.31 Å². The van der Waals surface area contributed by atoms with Crippen molar-refractivity contribution in [2.45, 2.75) is 50.1 Å². The van der Waals surface area contributed by atoms with E-state index < -0.39 is 10.0 Å². The first-order valence-corrected chi connectivity index (χ1v) is 9.10. The lowest BCUT2D eigenvalue weighted by Crippen LogP contribution is -2.47. The molecule has 1 saturated heterocycles. The van der Waals surface area contributed by atoms with Gasteiger partial charge in [-0.15, -0.1) is 0 Å². The summed E-state index contributed by atoms with van der Waals surface area (Å²) in [6.45, 7) is 3.89. The molecule has 1 aliphatic heterocycles. The standard InChI is InChI=1S/C14H19ClN2O2S2/c1-9-4-3-5-10(2)17(9)21(18,19)11-6-7-12(14(16)20)13(15)8-11/h6-10H,3-5H2,1-2H3,(H2,16,20). The van der Waals surface area contributed by atoms with E-state index in [1.54, 1.807) is 10.4 Å². The van der Waals surface area contributed by atoms with E-state index in [0.717, 1.165) is 19.3 Å². The third kappa shape index (κ3) is 3.23. The monoisotopic (exact) mass is 346 g/mol. The summed E-state index contributed by atoms with van der Waals surface area (Å²) in [4.78, 5) is 0.344. The molecule has 2 atom stereocenters. The molecule has 1 fully saturated rings. The average Bonchev–Trinajstić information content (AvgIpc) is 2.37. The van der Waals surface area contributed by atoms with Gasteiger partial charge in [-0.05, 0) is 44.9 Å². The minimum absolute atomic E-state index is 0.00668. The second-order valence-electron chi connectivity index (χ2n) is 5.47. The summed E-state index contributed by atoms with van der Waals surface area (Å²) in [5.74, 6) is 0. The number of piperidine rings is 1. The summed E-state index contributed by atoms with van der Waals surface area (Å²) < 4.78 is 27.3. The molecule has 1 aliphatic rings. The third-order valence-corrected chi connectivity index (χ3v) is 6.55. The Morgan fingerprint density at radius 1 is 1.33 bits per heavy atom. The Kier molecular flexibility index (Phi) is 4.92. The van der Waals surface area contributed by atoms with Gasteiger partial charge in [0.1, 0.15) is 4.99 Å². The predicted molar refractivity (Wildman–Crippen MR) is 89.1 cm³/mol. The fraction of sp³-hybridized carbons (Fsp3) is 0.500. The number of thiocarbonyl (C=S) groups is 1. The lowest BCUT2D eigenvalue weighted by molar-refractivity contribution is 0.204. The van der Waals surface area contributed by atoms with E-state index in [0.29, 0.717) is 5.56 Å². The van der Waals surface area contributed by atoms with Crippen LogP contribution in [0.1, 0.15) is 38.7 Å². The summed E-state index contributed by atoms with van der Waals surface area (Å²) in [5, 5.41) is 0.265. The molecule has 7 heteroatoms. The highest BCUT2D eigenvalue weighted by Gasteiger charge is 2.35. The van der Waals surface area contributed by atoms with Crippen molar-refractivity contribution in [3.8, 4) is 0 Å². The molecule has 0 bridgehead atoms. The molecular weight excluding hydrogens is 328 g/mol. The van der Waals surface area contributed by atoms with Crippen LogP contribution in [0.5, 0.6) is 0 Å². The Balaban J connectivity index is 2.44. The molecule has 0 amide bonds. The zero-order valence-electron chi connectivity index (χ0n) is 12.0. The van der Waals surface area contributed by atoms with Crippen molar-refractivity contribution in [2.24, 2.45) is 5.73 Å². The highest BCUT2D eigenvalue weighted by molar-refractivity contribution is 7.89. The highest BCUT2D eigenvalue weighted by Crippen LogP contribution is 2.31. The van der Waals surface area contributed by atoms with E-state index >= 15 is 0 Å². The first-order valence-electron chi connectivity index (χ1n) is 6.88. The maximum Gasteiger partial charge on any atom is 0.243 e. The predicted octanol–water partition coefficient (Wildman–Crippen LogP) is 2.93. The number of hydrogen-bond donors (Lipinski definition) is 1. The fourth-order valence-electron chi connectivity index (χ4n) is 2.85. The summed E-state index contributed by atoms with van der Waals surface area (Å²) in [5.41, 5.74) is 6.04. The van der Waals surface area contributed by atoms with Gasteiger partial charge in [0, 0.05) is 17.6 Å². The normalized spacial score (nSPS) is 24.0. The van der Waals surface area contributed by atoms with Crippen molar-refractivity contribution >= 4 is 38.8 Å². The zero-order chi connectivity index (χ0) is 15.8. The molecule has 1 aromatic rings. The highest BCUT2D eigenvalue weighted by atomic mass is 35.5. The third-order valence-electron chi connectivity index (χ3n) is 3.89. The molecule has 0 aliphatic carbocycles. The summed E-state index contributed by atoms with van der Waals surface area (Å²) in [7, 11) is -3.56. The largest absolute Gasteiger partial charge is 0.389 e. The fourth-order valence-corrected chi connectivity index (χ4v) is 5.34. The van der Waals surface area contributed by atoms with Crippen LogP contribution in [0.4, 0.5) is 0 Å². The molecule has 0 aromatic heterocycles. The van der Waals surface area contributed by atoms with Crippen molar-refractivity contribution in [3.05, 3.63) is 28.8 Å². The van der Waals surface area contributed by atoms with Crippen LogP contribution in [0.25, 0.3) is 0 Å². The van der Waals surface area contributed by atoms with Crippen LogP contribution in [0.2, 0.25) is 5.02 Å². The molecule has 116 valence electrons. The number of rotatable bonds is 3. The second kappa shape index (κ2) is 6.20. The van der Waals surface area contributed by atoms with Gasteiger partial charge in [0.2, 0.25) is 10.0 Å². The first kappa shape index (κ1) is 16.7. The zero-order valence-corrected chi connectivity index (χ0v) is 14.4.